The van der Waals surface area contributed by atoms with Gasteiger partial charge in [0.05, 0.1) is 25.1 Å². The van der Waals surface area contributed by atoms with E-state index < -0.39 is 11.6 Å². The molecule has 0 bridgehead atoms. The summed E-state index contributed by atoms with van der Waals surface area (Å²) in [6.07, 6.45) is 0. The Hall–Kier alpha value is -3.55. The van der Waals surface area contributed by atoms with Gasteiger partial charge < -0.3 is 14.8 Å². The molecule has 1 N–H and O–H groups in total. The van der Waals surface area contributed by atoms with Crippen LogP contribution in [0.4, 0.5) is 5.69 Å². The monoisotopic (exact) mass is 411 g/mol. The molecule has 0 radical (unpaired) electrons. The molecule has 3 rings (SSSR count). The number of rotatable bonds is 7. The lowest BCUT2D eigenvalue weighted by molar-refractivity contribution is -0.116. The molecular formula is C22H25N3O5. The Morgan fingerprint density at radius 2 is 1.70 bits per heavy atom. The summed E-state index contributed by atoms with van der Waals surface area (Å²) < 4.78 is 13.0. The predicted molar refractivity (Wildman–Crippen MR) is 115 cm³/mol. The number of amides is 1. The van der Waals surface area contributed by atoms with E-state index in [4.69, 9.17) is 9.47 Å². The zero-order valence-corrected chi connectivity index (χ0v) is 17.5. The maximum Gasteiger partial charge on any atom is 0.331 e. The molecule has 3 aromatic rings. The van der Waals surface area contributed by atoms with E-state index >= 15 is 0 Å². The van der Waals surface area contributed by atoms with Crippen LogP contribution in [-0.2, 0) is 17.9 Å². The summed E-state index contributed by atoms with van der Waals surface area (Å²) in [6.45, 7) is 3.90. The molecule has 8 heteroatoms. The highest BCUT2D eigenvalue weighted by atomic mass is 16.5. The first-order valence-corrected chi connectivity index (χ1v) is 9.60. The SMILES string of the molecule is COc1ccc(NC(=O)Cn2c(=O)n(CC(C)C)c(=O)c3ccccc32)cc1OC. The third-order valence-electron chi connectivity index (χ3n) is 4.65. The number of nitrogens with one attached hydrogen (secondary N) is 1. The number of ether oxygens (including phenoxy) is 2. The van der Waals surface area contributed by atoms with Gasteiger partial charge in [-0.3, -0.25) is 18.7 Å². The van der Waals surface area contributed by atoms with Gasteiger partial charge in [0.15, 0.2) is 11.5 Å². The number of methoxy groups -OCH3 is 2. The van der Waals surface area contributed by atoms with Crippen LogP contribution in [0, 0.1) is 5.92 Å². The summed E-state index contributed by atoms with van der Waals surface area (Å²) in [6, 6.07) is 11.8. The molecule has 0 saturated carbocycles. The standard InChI is InChI=1S/C22H25N3O5/c1-14(2)12-25-21(27)16-7-5-6-8-17(16)24(22(25)28)13-20(26)23-15-9-10-18(29-3)19(11-15)30-4/h5-11,14H,12-13H2,1-4H3,(H,23,26). The maximum atomic E-state index is 13.0. The van der Waals surface area contributed by atoms with E-state index in [1.165, 1.54) is 23.4 Å². The number of hydrogen-bond acceptors (Lipinski definition) is 5. The molecule has 30 heavy (non-hydrogen) atoms. The Kier molecular flexibility index (Phi) is 6.25. The van der Waals surface area contributed by atoms with Crippen molar-refractivity contribution in [3.05, 3.63) is 63.3 Å². The Morgan fingerprint density at radius 3 is 2.37 bits per heavy atom. The highest BCUT2D eigenvalue weighted by Crippen LogP contribution is 2.29. The van der Waals surface area contributed by atoms with E-state index in [1.807, 2.05) is 13.8 Å². The van der Waals surface area contributed by atoms with E-state index in [2.05, 4.69) is 5.32 Å². The van der Waals surface area contributed by atoms with Gasteiger partial charge in [-0.2, -0.15) is 0 Å². The first-order valence-electron chi connectivity index (χ1n) is 9.60. The molecule has 0 atom stereocenters. The highest BCUT2D eigenvalue weighted by molar-refractivity contribution is 5.92. The first-order chi connectivity index (χ1) is 14.3. The fourth-order valence-corrected chi connectivity index (χ4v) is 3.31. The van der Waals surface area contributed by atoms with Crippen molar-refractivity contribution in [3.8, 4) is 11.5 Å². The van der Waals surface area contributed by atoms with Crippen LogP contribution in [0.2, 0.25) is 0 Å². The third kappa shape index (κ3) is 4.22. The molecule has 1 heterocycles. The van der Waals surface area contributed by atoms with E-state index in [1.54, 1.807) is 42.5 Å². The lowest BCUT2D eigenvalue weighted by Gasteiger charge is -2.15. The van der Waals surface area contributed by atoms with Crippen LogP contribution in [-0.4, -0.2) is 29.3 Å². The molecule has 0 saturated heterocycles. The van der Waals surface area contributed by atoms with Gasteiger partial charge in [-0.05, 0) is 30.2 Å². The Labute approximate surface area is 173 Å². The van der Waals surface area contributed by atoms with E-state index in [-0.39, 0.29) is 24.6 Å². The quantitative estimate of drug-likeness (QED) is 0.645. The van der Waals surface area contributed by atoms with E-state index in [0.29, 0.717) is 28.1 Å². The molecule has 0 aliphatic carbocycles. The molecule has 0 fully saturated rings. The number of aromatic nitrogens is 2. The summed E-state index contributed by atoms with van der Waals surface area (Å²) in [7, 11) is 3.03. The van der Waals surface area contributed by atoms with Gasteiger partial charge in [-0.1, -0.05) is 26.0 Å². The number of hydrogen-bond donors (Lipinski definition) is 1. The van der Waals surface area contributed by atoms with Crippen molar-refractivity contribution < 1.29 is 14.3 Å². The molecule has 1 amide bonds. The number of nitrogens with zero attached hydrogens (tertiary/aromatic N) is 2. The van der Waals surface area contributed by atoms with Gasteiger partial charge in [-0.15, -0.1) is 0 Å². The normalized spacial score (nSPS) is 11.0. The fraction of sp³-hybridized carbons (Fsp3) is 0.318. The minimum Gasteiger partial charge on any atom is -0.493 e. The third-order valence-corrected chi connectivity index (χ3v) is 4.65. The molecular weight excluding hydrogens is 386 g/mol. The lowest BCUT2D eigenvalue weighted by Crippen LogP contribution is -2.42. The average molecular weight is 411 g/mol. The summed E-state index contributed by atoms with van der Waals surface area (Å²) in [4.78, 5) is 38.5. The summed E-state index contributed by atoms with van der Waals surface area (Å²) in [5.74, 6) is 0.719. The zero-order chi connectivity index (χ0) is 21.8. The van der Waals surface area contributed by atoms with Crippen LogP contribution < -0.4 is 26.0 Å². The van der Waals surface area contributed by atoms with E-state index in [0.717, 1.165) is 0 Å². The topological polar surface area (TPSA) is 91.6 Å². The van der Waals surface area contributed by atoms with Crippen LogP contribution in [0.15, 0.2) is 52.1 Å². The largest absolute Gasteiger partial charge is 0.493 e. The zero-order valence-electron chi connectivity index (χ0n) is 17.5. The Bertz CT molecular complexity index is 1190. The Balaban J connectivity index is 1.98. The van der Waals surface area contributed by atoms with Crippen LogP contribution in [0.3, 0.4) is 0 Å². The second kappa shape index (κ2) is 8.86. The minimum atomic E-state index is -0.505. The Morgan fingerprint density at radius 1 is 1.00 bits per heavy atom. The summed E-state index contributed by atoms with van der Waals surface area (Å²) in [5.41, 5.74) is 0.0798. The van der Waals surface area contributed by atoms with Gasteiger partial charge in [-0.25, -0.2) is 4.79 Å². The number of benzene rings is 2. The molecule has 158 valence electrons. The summed E-state index contributed by atoms with van der Waals surface area (Å²) >= 11 is 0. The van der Waals surface area contributed by atoms with Crippen molar-refractivity contribution in [2.45, 2.75) is 26.9 Å². The number of carbonyl (C=O) groups is 1. The smallest absolute Gasteiger partial charge is 0.331 e. The fourth-order valence-electron chi connectivity index (χ4n) is 3.31. The molecule has 2 aromatic carbocycles. The number of anilines is 1. The first kappa shape index (κ1) is 21.2. The molecule has 0 aliphatic heterocycles. The molecule has 0 aliphatic rings. The van der Waals surface area contributed by atoms with Gasteiger partial charge in [0.25, 0.3) is 5.56 Å². The summed E-state index contributed by atoms with van der Waals surface area (Å²) in [5, 5.41) is 3.16. The van der Waals surface area contributed by atoms with Crippen molar-refractivity contribution in [2.75, 3.05) is 19.5 Å². The van der Waals surface area contributed by atoms with Crippen molar-refractivity contribution in [2.24, 2.45) is 5.92 Å². The molecule has 1 aromatic heterocycles. The molecule has 8 nitrogen and oxygen atoms in total. The average Bonchev–Trinajstić information content (AvgIpc) is 2.73. The molecule has 0 unspecified atom stereocenters. The molecule has 0 spiro atoms. The van der Waals surface area contributed by atoms with Crippen molar-refractivity contribution in [3.63, 3.8) is 0 Å². The number of carbonyl (C=O) groups excluding carboxylic acids is 1. The second-order valence-corrected chi connectivity index (χ2v) is 7.31. The minimum absolute atomic E-state index is 0.102. The van der Waals surface area contributed by atoms with Gasteiger partial charge in [0.2, 0.25) is 5.91 Å². The van der Waals surface area contributed by atoms with Gasteiger partial charge in [0, 0.05) is 18.3 Å². The van der Waals surface area contributed by atoms with Crippen LogP contribution in [0.1, 0.15) is 13.8 Å². The number of fused-ring (bicyclic) bond motifs is 1. The van der Waals surface area contributed by atoms with Crippen molar-refractivity contribution >= 4 is 22.5 Å². The van der Waals surface area contributed by atoms with Gasteiger partial charge in [0.1, 0.15) is 6.54 Å². The van der Waals surface area contributed by atoms with Gasteiger partial charge >= 0.3 is 5.69 Å². The number of para-hydroxylation sites is 1. The van der Waals surface area contributed by atoms with Crippen LogP contribution >= 0.6 is 0 Å². The van der Waals surface area contributed by atoms with E-state index in [9.17, 15) is 14.4 Å². The second-order valence-electron chi connectivity index (χ2n) is 7.31. The maximum absolute atomic E-state index is 13.0. The van der Waals surface area contributed by atoms with Crippen molar-refractivity contribution in [1.82, 2.24) is 9.13 Å². The van der Waals surface area contributed by atoms with Crippen LogP contribution in [0.5, 0.6) is 11.5 Å². The lowest BCUT2D eigenvalue weighted by atomic mass is 10.2. The predicted octanol–water partition coefficient (Wildman–Crippen LogP) is 2.48. The van der Waals surface area contributed by atoms with Crippen molar-refractivity contribution in [1.29, 1.82) is 0 Å². The van der Waals surface area contributed by atoms with Crippen LogP contribution in [0.25, 0.3) is 10.9 Å². The highest BCUT2D eigenvalue weighted by Gasteiger charge is 2.16.